The smallest absolute Gasteiger partial charge is 0.123 e. The summed E-state index contributed by atoms with van der Waals surface area (Å²) in [6, 6.07) is 6.52. The molecule has 0 saturated carbocycles. The first kappa shape index (κ1) is 15.1. The second-order valence-electron chi connectivity index (χ2n) is 5.49. The van der Waals surface area contributed by atoms with Crippen molar-refractivity contribution in [2.45, 2.75) is 12.8 Å². The van der Waals surface area contributed by atoms with E-state index in [0.717, 1.165) is 56.0 Å². The first-order chi connectivity index (χ1) is 10.8. The maximum atomic E-state index is 13.1. The van der Waals surface area contributed by atoms with Gasteiger partial charge in [0.05, 0.1) is 12.3 Å². The van der Waals surface area contributed by atoms with Crippen LogP contribution in [0.2, 0.25) is 0 Å². The molecule has 0 atom stereocenters. The molecule has 0 aliphatic carbocycles. The highest BCUT2D eigenvalue weighted by Gasteiger charge is 2.19. The lowest BCUT2D eigenvalue weighted by atomic mass is 10.0. The molecule has 0 radical (unpaired) electrons. The molecule has 0 bridgehead atoms. The van der Waals surface area contributed by atoms with Gasteiger partial charge < -0.3 is 9.64 Å². The van der Waals surface area contributed by atoms with Crippen LogP contribution in [0.1, 0.15) is 11.3 Å². The molecule has 22 heavy (non-hydrogen) atoms. The van der Waals surface area contributed by atoms with E-state index in [0.29, 0.717) is 0 Å². The lowest BCUT2D eigenvalue weighted by molar-refractivity contribution is 0.150. The third-order valence-corrected chi connectivity index (χ3v) is 4.11. The van der Waals surface area contributed by atoms with Crippen molar-refractivity contribution in [3.8, 4) is 11.3 Å². The first-order valence-electron chi connectivity index (χ1n) is 7.58. The number of nitrogens with zero attached hydrogens (tertiary/aromatic N) is 3. The van der Waals surface area contributed by atoms with Gasteiger partial charge in [0.15, 0.2) is 0 Å². The summed E-state index contributed by atoms with van der Waals surface area (Å²) in [5.74, 6) is -0.227. The largest absolute Gasteiger partial charge is 0.383 e. The predicted molar refractivity (Wildman–Crippen MR) is 83.2 cm³/mol. The summed E-state index contributed by atoms with van der Waals surface area (Å²) in [5.41, 5.74) is 4.17. The molecule has 4 nitrogen and oxygen atoms in total. The SMILES string of the molecule is COCCN1CCc2ncnc(-c3ccc(F)cc3)c2CC1. The summed E-state index contributed by atoms with van der Waals surface area (Å²) in [7, 11) is 1.73. The van der Waals surface area contributed by atoms with Gasteiger partial charge in [-0.2, -0.15) is 0 Å². The van der Waals surface area contributed by atoms with Gasteiger partial charge in [0.1, 0.15) is 12.1 Å². The zero-order chi connectivity index (χ0) is 15.4. The summed E-state index contributed by atoms with van der Waals surface area (Å²) in [5, 5.41) is 0. The number of hydrogen-bond donors (Lipinski definition) is 0. The fourth-order valence-electron chi connectivity index (χ4n) is 2.87. The standard InChI is InChI=1S/C17H20FN3O/c1-22-11-10-21-8-6-15-16(7-9-21)19-12-20-17(15)13-2-4-14(18)5-3-13/h2-5,12H,6-11H2,1H3. The van der Waals surface area contributed by atoms with E-state index >= 15 is 0 Å². The van der Waals surface area contributed by atoms with Gasteiger partial charge >= 0.3 is 0 Å². The maximum absolute atomic E-state index is 13.1. The molecule has 0 saturated heterocycles. The fraction of sp³-hybridized carbons (Fsp3) is 0.412. The summed E-state index contributed by atoms with van der Waals surface area (Å²) >= 11 is 0. The van der Waals surface area contributed by atoms with Crippen molar-refractivity contribution in [2.24, 2.45) is 0 Å². The predicted octanol–water partition coefficient (Wildman–Crippen LogP) is 2.33. The van der Waals surface area contributed by atoms with Crippen LogP contribution in [0.3, 0.4) is 0 Å². The molecule has 2 aromatic rings. The highest BCUT2D eigenvalue weighted by molar-refractivity contribution is 5.63. The summed E-state index contributed by atoms with van der Waals surface area (Å²) < 4.78 is 18.3. The number of halogens is 1. The van der Waals surface area contributed by atoms with E-state index in [9.17, 15) is 4.39 Å². The number of ether oxygens (including phenoxy) is 1. The molecule has 2 heterocycles. The first-order valence-corrected chi connectivity index (χ1v) is 7.58. The lowest BCUT2D eigenvalue weighted by Crippen LogP contribution is -2.29. The Morgan fingerprint density at radius 1 is 1.14 bits per heavy atom. The van der Waals surface area contributed by atoms with E-state index < -0.39 is 0 Å². The maximum Gasteiger partial charge on any atom is 0.123 e. The van der Waals surface area contributed by atoms with Crippen LogP contribution in [0.15, 0.2) is 30.6 Å². The van der Waals surface area contributed by atoms with E-state index in [-0.39, 0.29) is 5.82 Å². The van der Waals surface area contributed by atoms with E-state index in [1.807, 2.05) is 0 Å². The molecule has 1 aromatic carbocycles. The third-order valence-electron chi connectivity index (χ3n) is 4.11. The molecule has 116 valence electrons. The van der Waals surface area contributed by atoms with Crippen LogP contribution >= 0.6 is 0 Å². The fourth-order valence-corrected chi connectivity index (χ4v) is 2.87. The van der Waals surface area contributed by atoms with Crippen molar-refractivity contribution in [1.82, 2.24) is 14.9 Å². The Kier molecular flexibility index (Phi) is 4.75. The lowest BCUT2D eigenvalue weighted by Gasteiger charge is -2.18. The second kappa shape index (κ2) is 6.94. The van der Waals surface area contributed by atoms with Gasteiger partial charge in [0, 0.05) is 50.0 Å². The molecular formula is C17H20FN3O. The van der Waals surface area contributed by atoms with Crippen LogP contribution in [0.4, 0.5) is 4.39 Å². The highest BCUT2D eigenvalue weighted by atomic mass is 19.1. The van der Waals surface area contributed by atoms with E-state index in [2.05, 4.69) is 14.9 Å². The average Bonchev–Trinajstić information content (AvgIpc) is 2.76. The van der Waals surface area contributed by atoms with Crippen molar-refractivity contribution in [2.75, 3.05) is 33.4 Å². The van der Waals surface area contributed by atoms with E-state index in [1.165, 1.54) is 17.7 Å². The molecule has 3 rings (SSSR count). The molecule has 1 aliphatic rings. The van der Waals surface area contributed by atoms with Gasteiger partial charge in [-0.1, -0.05) is 0 Å². The quantitative estimate of drug-likeness (QED) is 0.869. The van der Waals surface area contributed by atoms with Gasteiger partial charge in [-0.05, 0) is 30.7 Å². The molecule has 1 aliphatic heterocycles. The number of fused-ring (bicyclic) bond motifs is 1. The Hall–Kier alpha value is -1.85. The Bertz CT molecular complexity index is 630. The van der Waals surface area contributed by atoms with Gasteiger partial charge in [-0.15, -0.1) is 0 Å². The second-order valence-corrected chi connectivity index (χ2v) is 5.49. The van der Waals surface area contributed by atoms with Crippen molar-refractivity contribution in [3.63, 3.8) is 0 Å². The monoisotopic (exact) mass is 301 g/mol. The minimum Gasteiger partial charge on any atom is -0.383 e. The van der Waals surface area contributed by atoms with Crippen LogP contribution in [0.5, 0.6) is 0 Å². The van der Waals surface area contributed by atoms with Crippen molar-refractivity contribution < 1.29 is 9.13 Å². The topological polar surface area (TPSA) is 38.2 Å². The van der Waals surface area contributed by atoms with Crippen molar-refractivity contribution in [3.05, 3.63) is 47.7 Å². The Labute approximate surface area is 130 Å². The molecule has 0 unspecified atom stereocenters. The number of aromatic nitrogens is 2. The average molecular weight is 301 g/mol. The zero-order valence-corrected chi connectivity index (χ0v) is 12.8. The molecule has 0 fully saturated rings. The normalized spacial score (nSPS) is 15.4. The number of rotatable bonds is 4. The van der Waals surface area contributed by atoms with Crippen LogP contribution in [0.25, 0.3) is 11.3 Å². The highest BCUT2D eigenvalue weighted by Crippen LogP contribution is 2.25. The minimum atomic E-state index is -0.227. The molecule has 0 spiro atoms. The van der Waals surface area contributed by atoms with Gasteiger partial charge in [0.2, 0.25) is 0 Å². The van der Waals surface area contributed by atoms with Crippen LogP contribution < -0.4 is 0 Å². The third kappa shape index (κ3) is 3.31. The van der Waals surface area contributed by atoms with E-state index in [1.54, 1.807) is 25.6 Å². The number of hydrogen-bond acceptors (Lipinski definition) is 4. The number of benzene rings is 1. The Morgan fingerprint density at radius 2 is 1.91 bits per heavy atom. The number of methoxy groups -OCH3 is 1. The van der Waals surface area contributed by atoms with Crippen LogP contribution in [0, 0.1) is 5.82 Å². The Balaban J connectivity index is 1.86. The van der Waals surface area contributed by atoms with Crippen LogP contribution in [-0.4, -0.2) is 48.2 Å². The van der Waals surface area contributed by atoms with E-state index in [4.69, 9.17) is 4.74 Å². The summed E-state index contributed by atoms with van der Waals surface area (Å²) in [4.78, 5) is 11.3. The molecule has 0 amide bonds. The summed E-state index contributed by atoms with van der Waals surface area (Å²) in [6.45, 7) is 3.63. The van der Waals surface area contributed by atoms with Gasteiger partial charge in [0.25, 0.3) is 0 Å². The Morgan fingerprint density at radius 3 is 2.68 bits per heavy atom. The van der Waals surface area contributed by atoms with Gasteiger partial charge in [-0.25, -0.2) is 14.4 Å². The van der Waals surface area contributed by atoms with Gasteiger partial charge in [-0.3, -0.25) is 0 Å². The van der Waals surface area contributed by atoms with Crippen molar-refractivity contribution in [1.29, 1.82) is 0 Å². The molecule has 0 N–H and O–H groups in total. The zero-order valence-electron chi connectivity index (χ0n) is 12.8. The van der Waals surface area contributed by atoms with Crippen molar-refractivity contribution >= 4 is 0 Å². The molecule has 1 aromatic heterocycles. The molecular weight excluding hydrogens is 281 g/mol. The van der Waals surface area contributed by atoms with Crippen LogP contribution in [-0.2, 0) is 17.6 Å². The minimum absolute atomic E-state index is 0.227. The molecule has 5 heteroatoms. The summed E-state index contributed by atoms with van der Waals surface area (Å²) in [6.07, 6.45) is 3.44.